The Bertz CT molecular complexity index is 2790. The molecule has 234 valence electrons. The standard InChI is InChI=1S/C48H30OS/c1-4-13-31(14-5-1)35-27-36(32-15-6-2-7-16-32)29-37(28-35)38-19-12-24-45-46(38)43-30-34(25-26-44(43)49-45)40-21-11-23-42-41-22-10-20-39(47(41)50-48(40)42)33-17-8-3-9-18-33/h1-30H. The van der Waals surface area contributed by atoms with Gasteiger partial charge in [-0.15, -0.1) is 11.3 Å². The van der Waals surface area contributed by atoms with E-state index in [0.717, 1.165) is 21.9 Å². The molecule has 10 aromatic rings. The lowest BCUT2D eigenvalue weighted by molar-refractivity contribution is 0.669. The molecular formula is C48H30OS. The van der Waals surface area contributed by atoms with Crippen molar-refractivity contribution in [3.63, 3.8) is 0 Å². The van der Waals surface area contributed by atoms with Gasteiger partial charge in [0.2, 0.25) is 0 Å². The maximum absolute atomic E-state index is 6.54. The Morgan fingerprint density at radius 3 is 1.44 bits per heavy atom. The molecule has 0 unspecified atom stereocenters. The maximum atomic E-state index is 6.54. The van der Waals surface area contributed by atoms with Gasteiger partial charge in [0, 0.05) is 30.9 Å². The van der Waals surface area contributed by atoms with E-state index in [1.54, 1.807) is 0 Å². The zero-order valence-electron chi connectivity index (χ0n) is 27.1. The summed E-state index contributed by atoms with van der Waals surface area (Å²) in [5.41, 5.74) is 13.9. The fourth-order valence-electron chi connectivity index (χ4n) is 7.51. The highest BCUT2D eigenvalue weighted by Crippen LogP contribution is 2.45. The van der Waals surface area contributed by atoms with Crippen molar-refractivity contribution in [2.45, 2.75) is 0 Å². The van der Waals surface area contributed by atoms with Crippen LogP contribution in [0.1, 0.15) is 0 Å². The molecule has 2 heterocycles. The van der Waals surface area contributed by atoms with E-state index in [4.69, 9.17) is 4.42 Å². The van der Waals surface area contributed by atoms with E-state index in [0.29, 0.717) is 0 Å². The summed E-state index contributed by atoms with van der Waals surface area (Å²) >= 11 is 1.89. The fraction of sp³-hybridized carbons (Fsp3) is 0. The van der Waals surface area contributed by atoms with Crippen molar-refractivity contribution >= 4 is 53.4 Å². The maximum Gasteiger partial charge on any atom is 0.136 e. The van der Waals surface area contributed by atoms with Crippen molar-refractivity contribution in [2.24, 2.45) is 0 Å². The van der Waals surface area contributed by atoms with E-state index in [-0.39, 0.29) is 0 Å². The van der Waals surface area contributed by atoms with Crippen LogP contribution in [0.4, 0.5) is 0 Å². The van der Waals surface area contributed by atoms with Gasteiger partial charge in [0.15, 0.2) is 0 Å². The number of rotatable bonds is 5. The van der Waals surface area contributed by atoms with Crippen LogP contribution in [-0.4, -0.2) is 0 Å². The molecule has 0 atom stereocenters. The van der Waals surface area contributed by atoms with Crippen LogP contribution in [0, 0.1) is 0 Å². The number of hydrogen-bond acceptors (Lipinski definition) is 2. The Hall–Kier alpha value is -6.22. The van der Waals surface area contributed by atoms with Crippen LogP contribution in [0.2, 0.25) is 0 Å². The van der Waals surface area contributed by atoms with Gasteiger partial charge in [-0.05, 0) is 92.0 Å². The Morgan fingerprint density at radius 2 is 0.820 bits per heavy atom. The number of hydrogen-bond donors (Lipinski definition) is 0. The Kier molecular flexibility index (Phi) is 6.75. The molecule has 0 spiro atoms. The minimum Gasteiger partial charge on any atom is -0.456 e. The summed E-state index contributed by atoms with van der Waals surface area (Å²) in [5, 5.41) is 4.87. The number of furan rings is 1. The van der Waals surface area contributed by atoms with Crippen LogP contribution in [0.3, 0.4) is 0 Å². The summed E-state index contributed by atoms with van der Waals surface area (Å²) in [4.78, 5) is 0. The van der Waals surface area contributed by atoms with Crippen LogP contribution >= 0.6 is 11.3 Å². The molecular weight excluding hydrogens is 625 g/mol. The summed E-state index contributed by atoms with van der Waals surface area (Å²) in [6, 6.07) is 65.5. The van der Waals surface area contributed by atoms with Crippen LogP contribution in [0.5, 0.6) is 0 Å². The first-order valence-electron chi connectivity index (χ1n) is 17.0. The van der Waals surface area contributed by atoms with Gasteiger partial charge < -0.3 is 4.42 Å². The molecule has 0 fully saturated rings. The molecule has 2 aromatic heterocycles. The monoisotopic (exact) mass is 654 g/mol. The Balaban J connectivity index is 1.18. The third-order valence-electron chi connectivity index (χ3n) is 9.87. The zero-order valence-corrected chi connectivity index (χ0v) is 28.0. The van der Waals surface area contributed by atoms with E-state index < -0.39 is 0 Å². The fourth-order valence-corrected chi connectivity index (χ4v) is 8.88. The molecule has 0 aliphatic carbocycles. The summed E-state index contributed by atoms with van der Waals surface area (Å²) in [5.74, 6) is 0. The van der Waals surface area contributed by atoms with Crippen molar-refractivity contribution in [3.8, 4) is 55.6 Å². The highest BCUT2D eigenvalue weighted by molar-refractivity contribution is 7.26. The van der Waals surface area contributed by atoms with Gasteiger partial charge in [-0.1, -0.05) is 146 Å². The lowest BCUT2D eigenvalue weighted by Crippen LogP contribution is -1.87. The summed E-state index contributed by atoms with van der Waals surface area (Å²) in [6.07, 6.45) is 0. The first-order valence-corrected chi connectivity index (χ1v) is 17.8. The predicted octanol–water partition coefficient (Wildman–Crippen LogP) is 14.3. The highest BCUT2D eigenvalue weighted by atomic mass is 32.1. The molecule has 0 saturated carbocycles. The minimum atomic E-state index is 0.897. The van der Waals surface area contributed by atoms with Crippen molar-refractivity contribution in [1.82, 2.24) is 0 Å². The molecule has 0 amide bonds. The zero-order chi connectivity index (χ0) is 33.0. The van der Waals surface area contributed by atoms with Crippen LogP contribution in [0.25, 0.3) is 97.7 Å². The topological polar surface area (TPSA) is 13.1 Å². The molecule has 1 nitrogen and oxygen atoms in total. The first kappa shape index (κ1) is 28.8. The smallest absolute Gasteiger partial charge is 0.136 e. The second kappa shape index (κ2) is 11.7. The second-order valence-corrected chi connectivity index (χ2v) is 13.9. The molecule has 0 saturated heterocycles. The van der Waals surface area contributed by atoms with Gasteiger partial charge in [0.25, 0.3) is 0 Å². The molecule has 2 heteroatoms. The summed E-state index contributed by atoms with van der Waals surface area (Å²) < 4.78 is 9.17. The van der Waals surface area contributed by atoms with Gasteiger partial charge in [-0.3, -0.25) is 0 Å². The number of fused-ring (bicyclic) bond motifs is 6. The average Bonchev–Trinajstić information content (AvgIpc) is 3.77. The summed E-state index contributed by atoms with van der Waals surface area (Å²) in [6.45, 7) is 0. The largest absolute Gasteiger partial charge is 0.456 e. The molecule has 0 aliphatic rings. The molecule has 10 rings (SSSR count). The van der Waals surface area contributed by atoms with Gasteiger partial charge >= 0.3 is 0 Å². The molecule has 8 aromatic carbocycles. The van der Waals surface area contributed by atoms with Crippen LogP contribution in [-0.2, 0) is 0 Å². The van der Waals surface area contributed by atoms with Gasteiger partial charge in [-0.25, -0.2) is 0 Å². The molecule has 0 radical (unpaired) electrons. The van der Waals surface area contributed by atoms with Gasteiger partial charge in [0.05, 0.1) is 0 Å². The van der Waals surface area contributed by atoms with Crippen LogP contribution < -0.4 is 0 Å². The minimum absolute atomic E-state index is 0.897. The molecule has 0 aliphatic heterocycles. The predicted molar refractivity (Wildman–Crippen MR) is 214 cm³/mol. The van der Waals surface area contributed by atoms with Crippen molar-refractivity contribution in [3.05, 3.63) is 182 Å². The van der Waals surface area contributed by atoms with Crippen molar-refractivity contribution in [2.75, 3.05) is 0 Å². The molecule has 0 N–H and O–H groups in total. The molecule has 50 heavy (non-hydrogen) atoms. The Morgan fingerprint density at radius 1 is 0.300 bits per heavy atom. The normalized spacial score (nSPS) is 11.6. The van der Waals surface area contributed by atoms with Crippen molar-refractivity contribution < 1.29 is 4.42 Å². The lowest BCUT2D eigenvalue weighted by Gasteiger charge is -2.12. The van der Waals surface area contributed by atoms with Crippen LogP contribution in [0.15, 0.2) is 186 Å². The highest BCUT2D eigenvalue weighted by Gasteiger charge is 2.18. The quantitative estimate of drug-likeness (QED) is 0.180. The number of thiophene rings is 1. The van der Waals surface area contributed by atoms with E-state index >= 15 is 0 Å². The first-order chi connectivity index (χ1) is 24.8. The van der Waals surface area contributed by atoms with E-state index in [1.165, 1.54) is 75.8 Å². The van der Waals surface area contributed by atoms with E-state index in [1.807, 2.05) is 11.3 Å². The third kappa shape index (κ3) is 4.76. The average molecular weight is 655 g/mol. The van der Waals surface area contributed by atoms with E-state index in [9.17, 15) is 0 Å². The van der Waals surface area contributed by atoms with Gasteiger partial charge in [-0.2, -0.15) is 0 Å². The second-order valence-electron chi connectivity index (χ2n) is 12.9. The van der Waals surface area contributed by atoms with Gasteiger partial charge in [0.1, 0.15) is 11.2 Å². The van der Waals surface area contributed by atoms with E-state index in [2.05, 4.69) is 182 Å². The number of benzene rings is 8. The lowest BCUT2D eigenvalue weighted by atomic mass is 9.91. The Labute approximate surface area is 294 Å². The summed E-state index contributed by atoms with van der Waals surface area (Å²) in [7, 11) is 0. The third-order valence-corrected chi connectivity index (χ3v) is 11.2. The SMILES string of the molecule is c1ccc(-c2cc(-c3ccccc3)cc(-c3cccc4oc5ccc(-c6cccc7c6sc6c(-c8ccccc8)cccc67)cc5c34)c2)cc1. The van der Waals surface area contributed by atoms with Crippen molar-refractivity contribution in [1.29, 1.82) is 0 Å². The molecule has 0 bridgehead atoms.